The number of anilines is 3. The summed E-state index contributed by atoms with van der Waals surface area (Å²) in [6.45, 7) is 0. The van der Waals surface area contributed by atoms with Gasteiger partial charge in [0.2, 0.25) is 0 Å². The first kappa shape index (κ1) is 36.5. The zero-order valence-corrected chi connectivity index (χ0v) is 34.4. The van der Waals surface area contributed by atoms with Crippen LogP contribution in [0.2, 0.25) is 0 Å². The van der Waals surface area contributed by atoms with Gasteiger partial charge in [0, 0.05) is 33.1 Å². The summed E-state index contributed by atoms with van der Waals surface area (Å²) >= 11 is 0. The lowest BCUT2D eigenvalue weighted by Crippen LogP contribution is -2.12. The Morgan fingerprint density at radius 2 is 0.889 bits per heavy atom. The van der Waals surface area contributed by atoms with Crippen LogP contribution in [0.3, 0.4) is 0 Å². The highest BCUT2D eigenvalue weighted by molar-refractivity contribution is 6.15. The lowest BCUT2D eigenvalue weighted by molar-refractivity contribution is 0.669. The maximum absolute atomic E-state index is 6.58. The number of furan rings is 1. The predicted molar refractivity (Wildman–Crippen MR) is 264 cm³/mol. The summed E-state index contributed by atoms with van der Waals surface area (Å²) in [5.74, 6) is 0. The molecule has 12 aromatic rings. The van der Waals surface area contributed by atoms with Crippen molar-refractivity contribution in [2.75, 3.05) is 4.90 Å². The van der Waals surface area contributed by atoms with Crippen molar-refractivity contribution in [2.45, 2.75) is 0 Å². The van der Waals surface area contributed by atoms with Gasteiger partial charge in [0.1, 0.15) is 11.2 Å². The Kier molecular flexibility index (Phi) is 8.83. The topological polar surface area (TPSA) is 21.3 Å². The first-order chi connectivity index (χ1) is 31.3. The first-order valence-electron chi connectivity index (χ1n) is 21.5. The van der Waals surface area contributed by atoms with Gasteiger partial charge in [0.15, 0.2) is 0 Å². The molecule has 0 aliphatic carbocycles. The minimum Gasteiger partial charge on any atom is -0.456 e. The van der Waals surface area contributed by atoms with E-state index in [0.717, 1.165) is 78.1 Å². The van der Waals surface area contributed by atoms with Crippen LogP contribution >= 0.6 is 0 Å². The molecule has 0 unspecified atom stereocenters. The second kappa shape index (κ2) is 15.3. The number of rotatable bonds is 8. The minimum atomic E-state index is 0.847. The molecule has 0 spiro atoms. The number of aromatic nitrogens is 1. The Balaban J connectivity index is 1.14. The van der Waals surface area contributed by atoms with E-state index in [-0.39, 0.29) is 0 Å². The highest BCUT2D eigenvalue weighted by atomic mass is 16.3. The van der Waals surface area contributed by atoms with Crippen molar-refractivity contribution in [1.82, 2.24) is 4.57 Å². The Labute approximate surface area is 366 Å². The number of nitrogens with zero attached hydrogens (tertiary/aromatic N) is 2. The molecule has 0 aliphatic rings. The third-order valence-corrected chi connectivity index (χ3v) is 12.4. The number of benzene rings is 10. The van der Waals surface area contributed by atoms with Gasteiger partial charge in [0.25, 0.3) is 0 Å². The predicted octanol–water partition coefficient (Wildman–Crippen LogP) is 16.8. The van der Waals surface area contributed by atoms with Gasteiger partial charge in [-0.3, -0.25) is 0 Å². The number of para-hydroxylation sites is 3. The molecule has 0 saturated heterocycles. The van der Waals surface area contributed by atoms with Crippen molar-refractivity contribution in [3.05, 3.63) is 243 Å². The zero-order chi connectivity index (χ0) is 41.7. The maximum atomic E-state index is 6.58. The van der Waals surface area contributed by atoms with Crippen LogP contribution in [0.5, 0.6) is 0 Å². The molecule has 0 bridgehead atoms. The van der Waals surface area contributed by atoms with Crippen molar-refractivity contribution >= 4 is 60.8 Å². The van der Waals surface area contributed by atoms with Crippen LogP contribution in [-0.4, -0.2) is 4.57 Å². The molecule has 2 aromatic heterocycles. The Hall–Kier alpha value is -8.40. The average Bonchev–Trinajstić information content (AvgIpc) is 3.91. The Morgan fingerprint density at radius 3 is 1.70 bits per heavy atom. The molecule has 0 saturated carbocycles. The van der Waals surface area contributed by atoms with Gasteiger partial charge in [-0.1, -0.05) is 182 Å². The van der Waals surface area contributed by atoms with Crippen molar-refractivity contribution < 1.29 is 4.42 Å². The van der Waals surface area contributed by atoms with Crippen LogP contribution in [0.1, 0.15) is 0 Å². The van der Waals surface area contributed by atoms with Crippen LogP contribution in [0, 0.1) is 0 Å². The summed E-state index contributed by atoms with van der Waals surface area (Å²) in [5, 5.41) is 4.62. The van der Waals surface area contributed by atoms with Crippen LogP contribution < -0.4 is 4.90 Å². The number of hydrogen-bond donors (Lipinski definition) is 0. The van der Waals surface area contributed by atoms with Crippen molar-refractivity contribution in [3.63, 3.8) is 0 Å². The van der Waals surface area contributed by atoms with Crippen LogP contribution in [-0.2, 0) is 0 Å². The fourth-order valence-electron chi connectivity index (χ4n) is 9.62. The molecule has 0 radical (unpaired) electrons. The van der Waals surface area contributed by atoms with Crippen LogP contribution in [0.4, 0.5) is 17.1 Å². The number of hydrogen-bond acceptors (Lipinski definition) is 2. The zero-order valence-electron chi connectivity index (χ0n) is 34.4. The monoisotopic (exact) mass is 804 g/mol. The fourth-order valence-corrected chi connectivity index (χ4v) is 9.62. The van der Waals surface area contributed by atoms with E-state index in [0.29, 0.717) is 0 Å². The van der Waals surface area contributed by atoms with E-state index in [1.165, 1.54) is 32.9 Å². The molecule has 296 valence electrons. The summed E-state index contributed by atoms with van der Waals surface area (Å²) in [5.41, 5.74) is 17.6. The van der Waals surface area contributed by atoms with Crippen molar-refractivity contribution in [2.24, 2.45) is 0 Å². The number of fused-ring (bicyclic) bond motifs is 6. The minimum absolute atomic E-state index is 0.847. The second-order valence-electron chi connectivity index (χ2n) is 16.0. The van der Waals surface area contributed by atoms with E-state index in [1.54, 1.807) is 0 Å². The third-order valence-electron chi connectivity index (χ3n) is 12.4. The fraction of sp³-hybridized carbons (Fsp3) is 0. The highest BCUT2D eigenvalue weighted by Gasteiger charge is 2.26. The average molecular weight is 805 g/mol. The molecule has 0 atom stereocenters. The molecule has 10 aromatic carbocycles. The SMILES string of the molecule is c1ccc(-c2ccccc2-c2c(-c3ccccc3)cccc2N(c2cccc(-c3ccc4c5ccccc5n(-c5ccccc5)c4c3)c2)c2cccc3oc4ccccc4c23)cc1. The highest BCUT2D eigenvalue weighted by Crippen LogP contribution is 2.50. The van der Waals surface area contributed by atoms with Crippen LogP contribution in [0.25, 0.3) is 93.9 Å². The molecule has 0 N–H and O–H groups in total. The largest absolute Gasteiger partial charge is 0.456 e. The summed E-state index contributed by atoms with van der Waals surface area (Å²) in [4.78, 5) is 2.46. The standard InChI is InChI=1S/C60H40N2O/c1-4-19-41(20-5-1)47-27-10-11-29-51(47)59-48(42-21-6-2-7-22-42)31-17-33-54(59)62(55-34-18-36-58-60(55)52-30-13-15-35-57(52)63-58)46-26-16-23-43(39-46)44-37-38-50-49-28-12-14-32-53(49)61(56(50)40-44)45-24-8-3-9-25-45/h1-40H. The molecule has 0 fully saturated rings. The van der Waals surface area contributed by atoms with E-state index in [9.17, 15) is 0 Å². The van der Waals surface area contributed by atoms with Gasteiger partial charge in [-0.25, -0.2) is 0 Å². The molecule has 2 heterocycles. The van der Waals surface area contributed by atoms with Gasteiger partial charge < -0.3 is 13.9 Å². The van der Waals surface area contributed by atoms with Crippen molar-refractivity contribution in [1.29, 1.82) is 0 Å². The molecule has 0 amide bonds. The summed E-state index contributed by atoms with van der Waals surface area (Å²) < 4.78 is 8.97. The van der Waals surface area contributed by atoms with Gasteiger partial charge >= 0.3 is 0 Å². The van der Waals surface area contributed by atoms with Gasteiger partial charge in [-0.2, -0.15) is 0 Å². The maximum Gasteiger partial charge on any atom is 0.137 e. The molecule has 63 heavy (non-hydrogen) atoms. The smallest absolute Gasteiger partial charge is 0.137 e. The van der Waals surface area contributed by atoms with Crippen molar-refractivity contribution in [3.8, 4) is 50.2 Å². The summed E-state index contributed by atoms with van der Waals surface area (Å²) in [6.07, 6.45) is 0. The molecule has 3 heteroatoms. The van der Waals surface area contributed by atoms with Crippen LogP contribution in [0.15, 0.2) is 247 Å². The van der Waals surface area contributed by atoms with E-state index in [4.69, 9.17) is 4.42 Å². The first-order valence-corrected chi connectivity index (χ1v) is 21.5. The quantitative estimate of drug-likeness (QED) is 0.153. The lowest BCUT2D eigenvalue weighted by Gasteiger charge is -2.30. The molecule has 0 aliphatic heterocycles. The third kappa shape index (κ3) is 6.21. The lowest BCUT2D eigenvalue weighted by atomic mass is 9.87. The molecule has 3 nitrogen and oxygen atoms in total. The Morgan fingerprint density at radius 1 is 0.333 bits per heavy atom. The van der Waals surface area contributed by atoms with Gasteiger partial charge in [0.05, 0.1) is 27.8 Å². The summed E-state index contributed by atoms with van der Waals surface area (Å²) in [7, 11) is 0. The van der Waals surface area contributed by atoms with E-state index in [2.05, 4.69) is 246 Å². The second-order valence-corrected chi connectivity index (χ2v) is 16.0. The summed E-state index contributed by atoms with van der Waals surface area (Å²) in [6, 6.07) is 87.2. The molecule has 12 rings (SSSR count). The van der Waals surface area contributed by atoms with Gasteiger partial charge in [-0.15, -0.1) is 0 Å². The molecular weight excluding hydrogens is 765 g/mol. The normalized spacial score (nSPS) is 11.5. The Bertz CT molecular complexity index is 3620. The van der Waals surface area contributed by atoms with E-state index < -0.39 is 0 Å². The van der Waals surface area contributed by atoms with E-state index >= 15 is 0 Å². The van der Waals surface area contributed by atoms with E-state index in [1.807, 2.05) is 6.07 Å². The molecular formula is C60H40N2O. The van der Waals surface area contributed by atoms with Gasteiger partial charge in [-0.05, 0) is 99.6 Å².